The molecule has 0 aliphatic carbocycles. The number of nitrogens with two attached hydrogens (primary N) is 1. The minimum Gasteiger partial charge on any atom is -0.495 e. The number of hydrogen-bond acceptors (Lipinski definition) is 6. The number of para-hydroxylation sites is 2. The Morgan fingerprint density at radius 2 is 1.42 bits per heavy atom. The number of nitrogens with zero attached hydrogens (tertiary/aromatic N) is 2. The lowest BCUT2D eigenvalue weighted by Gasteiger charge is -2.33. The molecular formula is C22H27N5O4. The van der Waals surface area contributed by atoms with Crippen LogP contribution in [-0.4, -0.2) is 73.9 Å². The molecule has 3 rings (SSSR count). The maximum Gasteiger partial charge on any atom is 0.248 e. The average molecular weight is 425 g/mol. The summed E-state index contributed by atoms with van der Waals surface area (Å²) < 4.78 is 5.25. The molecule has 2 aromatic rings. The van der Waals surface area contributed by atoms with E-state index in [-0.39, 0.29) is 24.9 Å². The van der Waals surface area contributed by atoms with E-state index in [4.69, 9.17) is 10.5 Å². The van der Waals surface area contributed by atoms with Crippen molar-refractivity contribution in [3.05, 3.63) is 54.1 Å². The van der Waals surface area contributed by atoms with E-state index in [1.54, 1.807) is 43.5 Å². The topological polar surface area (TPSA) is 117 Å². The molecule has 0 spiro atoms. The largest absolute Gasteiger partial charge is 0.495 e. The van der Waals surface area contributed by atoms with E-state index in [0.717, 1.165) is 0 Å². The molecule has 9 nitrogen and oxygen atoms in total. The van der Waals surface area contributed by atoms with E-state index >= 15 is 0 Å². The number of piperazine rings is 1. The third-order valence-corrected chi connectivity index (χ3v) is 5.03. The second-order valence-electron chi connectivity index (χ2n) is 7.29. The number of carbonyl (C=O) groups excluding carboxylic acids is 3. The summed E-state index contributed by atoms with van der Waals surface area (Å²) in [4.78, 5) is 39.9. The van der Waals surface area contributed by atoms with Gasteiger partial charge in [0.05, 0.1) is 25.9 Å². The van der Waals surface area contributed by atoms with Gasteiger partial charge in [0.1, 0.15) is 5.75 Å². The van der Waals surface area contributed by atoms with Crippen LogP contribution in [0.15, 0.2) is 48.5 Å². The molecule has 1 aliphatic rings. The highest BCUT2D eigenvalue weighted by Crippen LogP contribution is 2.22. The summed E-state index contributed by atoms with van der Waals surface area (Å²) in [6.45, 7) is 3.31. The van der Waals surface area contributed by atoms with Gasteiger partial charge < -0.3 is 21.1 Å². The molecule has 0 radical (unpaired) electrons. The molecule has 31 heavy (non-hydrogen) atoms. The van der Waals surface area contributed by atoms with Gasteiger partial charge in [-0.1, -0.05) is 12.1 Å². The maximum atomic E-state index is 12.4. The molecule has 1 aliphatic heterocycles. The lowest BCUT2D eigenvalue weighted by molar-refractivity contribution is -0.120. The summed E-state index contributed by atoms with van der Waals surface area (Å²) in [6, 6.07) is 13.7. The molecule has 1 heterocycles. The fourth-order valence-corrected chi connectivity index (χ4v) is 3.37. The Bertz CT molecular complexity index is 924. The van der Waals surface area contributed by atoms with Crippen LogP contribution in [0.25, 0.3) is 0 Å². The molecule has 0 bridgehead atoms. The van der Waals surface area contributed by atoms with E-state index in [2.05, 4.69) is 15.5 Å². The van der Waals surface area contributed by atoms with Crippen LogP contribution in [0, 0.1) is 0 Å². The molecule has 2 aromatic carbocycles. The number of amides is 3. The summed E-state index contributed by atoms with van der Waals surface area (Å²) in [7, 11) is 1.57. The number of ether oxygens (including phenoxy) is 1. The quantitative estimate of drug-likeness (QED) is 0.581. The molecule has 0 aromatic heterocycles. The smallest absolute Gasteiger partial charge is 0.248 e. The van der Waals surface area contributed by atoms with Crippen molar-refractivity contribution in [1.29, 1.82) is 0 Å². The first kappa shape index (κ1) is 22.3. The summed E-state index contributed by atoms with van der Waals surface area (Å²) in [5.74, 6) is -0.118. The Kier molecular flexibility index (Phi) is 7.58. The highest BCUT2D eigenvalue weighted by Gasteiger charge is 2.21. The van der Waals surface area contributed by atoms with Gasteiger partial charge in [0.15, 0.2) is 0 Å². The monoisotopic (exact) mass is 425 g/mol. The highest BCUT2D eigenvalue weighted by molar-refractivity contribution is 5.95. The Morgan fingerprint density at radius 1 is 0.871 bits per heavy atom. The predicted molar refractivity (Wildman–Crippen MR) is 118 cm³/mol. The number of nitrogens with one attached hydrogen (secondary N) is 2. The standard InChI is InChI=1S/C22H27N5O4/c1-31-19-5-3-2-4-18(19)25-21(29)15-27-12-10-26(11-13-27)14-20(28)24-17-8-6-16(7-9-17)22(23)30/h2-9H,10-15H2,1H3,(H2,23,30)(H,24,28)(H,25,29). The van der Waals surface area contributed by atoms with E-state index in [1.165, 1.54) is 0 Å². The normalized spacial score (nSPS) is 14.6. The van der Waals surface area contributed by atoms with E-state index in [0.29, 0.717) is 48.9 Å². The maximum absolute atomic E-state index is 12.4. The minimum atomic E-state index is -0.507. The van der Waals surface area contributed by atoms with Crippen molar-refractivity contribution < 1.29 is 19.1 Å². The Labute approximate surface area is 181 Å². The van der Waals surface area contributed by atoms with Gasteiger partial charge >= 0.3 is 0 Å². The Balaban J connectivity index is 1.40. The van der Waals surface area contributed by atoms with Crippen LogP contribution in [0.3, 0.4) is 0 Å². The van der Waals surface area contributed by atoms with Crippen molar-refractivity contribution in [3.63, 3.8) is 0 Å². The van der Waals surface area contributed by atoms with Gasteiger partial charge in [-0.25, -0.2) is 0 Å². The first-order valence-electron chi connectivity index (χ1n) is 10.0. The molecule has 4 N–H and O–H groups in total. The van der Waals surface area contributed by atoms with Gasteiger partial charge in [-0.3, -0.25) is 24.2 Å². The SMILES string of the molecule is COc1ccccc1NC(=O)CN1CCN(CC(=O)Nc2ccc(C(N)=O)cc2)CC1. The zero-order chi connectivity index (χ0) is 22.2. The predicted octanol–water partition coefficient (Wildman–Crippen LogP) is 0.989. The summed E-state index contributed by atoms with van der Waals surface area (Å²) in [5.41, 5.74) is 6.87. The van der Waals surface area contributed by atoms with Crippen molar-refractivity contribution >= 4 is 29.1 Å². The molecule has 1 saturated heterocycles. The highest BCUT2D eigenvalue weighted by atomic mass is 16.5. The Hall–Kier alpha value is -3.43. The van der Waals surface area contributed by atoms with Crippen molar-refractivity contribution in [1.82, 2.24) is 9.80 Å². The fraction of sp³-hybridized carbons (Fsp3) is 0.318. The zero-order valence-corrected chi connectivity index (χ0v) is 17.5. The van der Waals surface area contributed by atoms with Crippen LogP contribution in [0.1, 0.15) is 10.4 Å². The number of rotatable bonds is 8. The van der Waals surface area contributed by atoms with Gasteiger partial charge in [0.2, 0.25) is 17.7 Å². The molecular weight excluding hydrogens is 398 g/mol. The van der Waals surface area contributed by atoms with Crippen molar-refractivity contribution in [2.24, 2.45) is 5.73 Å². The van der Waals surface area contributed by atoms with E-state index in [9.17, 15) is 14.4 Å². The van der Waals surface area contributed by atoms with Crippen molar-refractivity contribution in [2.75, 3.05) is 57.0 Å². The molecule has 3 amide bonds. The van der Waals surface area contributed by atoms with Gasteiger partial charge in [-0.15, -0.1) is 0 Å². The summed E-state index contributed by atoms with van der Waals surface area (Å²) in [6.07, 6.45) is 0. The third-order valence-electron chi connectivity index (χ3n) is 5.03. The van der Waals surface area contributed by atoms with Gasteiger partial charge in [-0.05, 0) is 36.4 Å². The van der Waals surface area contributed by atoms with Crippen LogP contribution in [0.2, 0.25) is 0 Å². The number of methoxy groups -OCH3 is 1. The van der Waals surface area contributed by atoms with Crippen molar-refractivity contribution in [2.45, 2.75) is 0 Å². The molecule has 1 fully saturated rings. The lowest BCUT2D eigenvalue weighted by atomic mass is 10.2. The molecule has 164 valence electrons. The van der Waals surface area contributed by atoms with E-state index < -0.39 is 5.91 Å². The molecule has 0 atom stereocenters. The molecule has 9 heteroatoms. The average Bonchev–Trinajstić information content (AvgIpc) is 2.76. The summed E-state index contributed by atoms with van der Waals surface area (Å²) >= 11 is 0. The molecule has 0 saturated carbocycles. The number of carbonyl (C=O) groups is 3. The second-order valence-corrected chi connectivity index (χ2v) is 7.29. The van der Waals surface area contributed by atoms with E-state index in [1.807, 2.05) is 17.0 Å². The van der Waals surface area contributed by atoms with Gasteiger partial charge in [0.25, 0.3) is 0 Å². The zero-order valence-electron chi connectivity index (χ0n) is 17.5. The first-order chi connectivity index (χ1) is 14.9. The number of primary amides is 1. The molecule has 0 unspecified atom stereocenters. The van der Waals surface area contributed by atoms with Gasteiger partial charge in [0, 0.05) is 37.4 Å². The van der Waals surface area contributed by atoms with Crippen LogP contribution in [-0.2, 0) is 9.59 Å². The van der Waals surface area contributed by atoms with Crippen LogP contribution in [0.4, 0.5) is 11.4 Å². The minimum absolute atomic E-state index is 0.102. The van der Waals surface area contributed by atoms with Gasteiger partial charge in [-0.2, -0.15) is 0 Å². The lowest BCUT2D eigenvalue weighted by Crippen LogP contribution is -2.50. The van der Waals surface area contributed by atoms with Crippen molar-refractivity contribution in [3.8, 4) is 5.75 Å². The first-order valence-corrected chi connectivity index (χ1v) is 10.0. The number of hydrogen-bond donors (Lipinski definition) is 3. The van der Waals surface area contributed by atoms with Crippen LogP contribution < -0.4 is 21.1 Å². The van der Waals surface area contributed by atoms with Crippen LogP contribution >= 0.6 is 0 Å². The number of benzene rings is 2. The summed E-state index contributed by atoms with van der Waals surface area (Å²) in [5, 5.41) is 5.69. The Morgan fingerprint density at radius 3 is 1.97 bits per heavy atom. The number of anilines is 2. The van der Waals surface area contributed by atoms with Crippen LogP contribution in [0.5, 0.6) is 5.75 Å². The second kappa shape index (κ2) is 10.6. The third kappa shape index (κ3) is 6.53. The fourth-order valence-electron chi connectivity index (χ4n) is 3.37.